The number of hydrogen-bond donors (Lipinski definition) is 1. The molecule has 102 valence electrons. The summed E-state index contributed by atoms with van der Waals surface area (Å²) in [4.78, 5) is 0. The van der Waals surface area contributed by atoms with Crippen molar-refractivity contribution in [1.29, 1.82) is 0 Å². The number of nitrogens with two attached hydrogens (primary N) is 1. The molecule has 0 aromatic heterocycles. The minimum atomic E-state index is -4.44. The summed E-state index contributed by atoms with van der Waals surface area (Å²) in [7, 11) is 0. The van der Waals surface area contributed by atoms with E-state index in [1.807, 2.05) is 0 Å². The lowest BCUT2D eigenvalue weighted by Gasteiger charge is -2.08. The van der Waals surface area contributed by atoms with E-state index in [1.165, 1.54) is 24.3 Å². The van der Waals surface area contributed by atoms with Crippen LogP contribution in [0.4, 0.5) is 18.9 Å². The van der Waals surface area contributed by atoms with Crippen LogP contribution >= 0.6 is 11.6 Å². The molecule has 1 nitrogen and oxygen atoms in total. The van der Waals surface area contributed by atoms with Crippen molar-refractivity contribution in [3.05, 3.63) is 64.2 Å². The van der Waals surface area contributed by atoms with Gasteiger partial charge in [0.05, 0.1) is 5.56 Å². The van der Waals surface area contributed by atoms with Crippen molar-refractivity contribution in [2.45, 2.75) is 6.18 Å². The Morgan fingerprint density at radius 1 is 0.950 bits per heavy atom. The minimum absolute atomic E-state index is 0.0978. The second-order valence-electron chi connectivity index (χ2n) is 4.02. The quantitative estimate of drug-likeness (QED) is 0.568. The highest BCUT2D eigenvalue weighted by Crippen LogP contribution is 2.31. The molecule has 0 atom stereocenters. The summed E-state index contributed by atoms with van der Waals surface area (Å²) in [5, 5.41) is 0.424. The van der Waals surface area contributed by atoms with Crippen LogP contribution < -0.4 is 5.73 Å². The number of alkyl halides is 3. The normalized spacial score (nSPS) is 10.8. The molecular formula is C15H9ClF3N. The van der Waals surface area contributed by atoms with Crippen LogP contribution in [-0.4, -0.2) is 0 Å². The fraction of sp³-hybridized carbons (Fsp3) is 0.0667. The van der Waals surface area contributed by atoms with Crippen molar-refractivity contribution < 1.29 is 13.2 Å². The van der Waals surface area contributed by atoms with Crippen LogP contribution in [0.5, 0.6) is 0 Å². The zero-order valence-electron chi connectivity index (χ0n) is 10.1. The monoisotopic (exact) mass is 295 g/mol. The van der Waals surface area contributed by atoms with Crippen LogP contribution in [0.3, 0.4) is 0 Å². The molecule has 0 aliphatic heterocycles. The van der Waals surface area contributed by atoms with Gasteiger partial charge in [0.2, 0.25) is 0 Å². The van der Waals surface area contributed by atoms with Gasteiger partial charge in [-0.3, -0.25) is 0 Å². The Labute approximate surface area is 119 Å². The fourth-order valence-electron chi connectivity index (χ4n) is 1.61. The summed E-state index contributed by atoms with van der Waals surface area (Å²) in [6, 6.07) is 9.79. The summed E-state index contributed by atoms with van der Waals surface area (Å²) in [6.07, 6.45) is -4.44. The first kappa shape index (κ1) is 14.3. The Bertz CT molecular complexity index is 696. The summed E-state index contributed by atoms with van der Waals surface area (Å²) < 4.78 is 38.4. The lowest BCUT2D eigenvalue weighted by molar-refractivity contribution is -0.137. The third-order valence-corrected chi connectivity index (χ3v) is 2.81. The average Bonchev–Trinajstić information content (AvgIpc) is 2.39. The van der Waals surface area contributed by atoms with E-state index in [4.69, 9.17) is 17.3 Å². The van der Waals surface area contributed by atoms with Crippen molar-refractivity contribution in [3.8, 4) is 11.8 Å². The van der Waals surface area contributed by atoms with Gasteiger partial charge >= 0.3 is 6.18 Å². The number of hydrogen-bond acceptors (Lipinski definition) is 1. The van der Waals surface area contributed by atoms with Gasteiger partial charge in [-0.05, 0) is 30.3 Å². The maximum Gasteiger partial charge on any atom is 0.417 e. The van der Waals surface area contributed by atoms with Gasteiger partial charge in [-0.1, -0.05) is 35.6 Å². The van der Waals surface area contributed by atoms with Crippen LogP contribution in [0, 0.1) is 11.8 Å². The minimum Gasteiger partial charge on any atom is -0.398 e. The molecule has 20 heavy (non-hydrogen) atoms. The molecule has 0 amide bonds. The van der Waals surface area contributed by atoms with Gasteiger partial charge in [-0.2, -0.15) is 13.2 Å². The number of nitrogen functional groups attached to an aromatic ring is 1. The standard InChI is InChI=1S/C15H9ClF3N/c16-12-7-8-14(20)11(9-12)6-5-10-3-1-2-4-13(10)15(17,18)19/h1-4,7-9H,20H2. The van der Waals surface area contributed by atoms with E-state index in [9.17, 15) is 13.2 Å². The van der Waals surface area contributed by atoms with Gasteiger partial charge in [0.1, 0.15) is 0 Å². The maximum atomic E-state index is 12.8. The molecule has 2 rings (SSSR count). The first-order valence-electron chi connectivity index (χ1n) is 5.61. The van der Waals surface area contributed by atoms with E-state index < -0.39 is 11.7 Å². The zero-order chi connectivity index (χ0) is 14.8. The first-order valence-corrected chi connectivity index (χ1v) is 5.99. The molecule has 0 spiro atoms. The van der Waals surface area contributed by atoms with E-state index in [-0.39, 0.29) is 5.56 Å². The topological polar surface area (TPSA) is 26.0 Å². The summed E-state index contributed by atoms with van der Waals surface area (Å²) >= 11 is 5.80. The van der Waals surface area contributed by atoms with Crippen LogP contribution in [0.25, 0.3) is 0 Å². The second kappa shape index (κ2) is 5.48. The highest BCUT2D eigenvalue weighted by atomic mass is 35.5. The largest absolute Gasteiger partial charge is 0.417 e. The van der Waals surface area contributed by atoms with E-state index in [2.05, 4.69) is 11.8 Å². The molecule has 0 radical (unpaired) electrons. The van der Waals surface area contributed by atoms with Crippen molar-refractivity contribution in [2.24, 2.45) is 0 Å². The molecule has 0 saturated heterocycles. The van der Waals surface area contributed by atoms with Crippen molar-refractivity contribution >= 4 is 17.3 Å². The van der Waals surface area contributed by atoms with Gasteiger partial charge in [0.15, 0.2) is 0 Å². The van der Waals surface area contributed by atoms with E-state index >= 15 is 0 Å². The number of anilines is 1. The van der Waals surface area contributed by atoms with Crippen LogP contribution in [0.1, 0.15) is 16.7 Å². The molecule has 2 N–H and O–H groups in total. The molecule has 0 aliphatic carbocycles. The van der Waals surface area contributed by atoms with Gasteiger partial charge in [0, 0.05) is 21.8 Å². The van der Waals surface area contributed by atoms with Crippen molar-refractivity contribution in [3.63, 3.8) is 0 Å². The molecule has 0 fully saturated rings. The lowest BCUT2D eigenvalue weighted by Crippen LogP contribution is -2.07. The summed E-state index contributed by atoms with van der Waals surface area (Å²) in [5.74, 6) is 5.12. The number of benzene rings is 2. The highest BCUT2D eigenvalue weighted by molar-refractivity contribution is 6.30. The summed E-state index contributed by atoms with van der Waals surface area (Å²) in [6.45, 7) is 0. The Kier molecular flexibility index (Phi) is 3.91. The predicted octanol–water partition coefficient (Wildman–Crippen LogP) is 4.34. The SMILES string of the molecule is Nc1ccc(Cl)cc1C#Cc1ccccc1C(F)(F)F. The molecule has 0 aliphatic rings. The first-order chi connectivity index (χ1) is 9.38. The van der Waals surface area contributed by atoms with Gasteiger partial charge in [-0.25, -0.2) is 0 Å². The van der Waals surface area contributed by atoms with Crippen LogP contribution in [-0.2, 0) is 6.18 Å². The Morgan fingerprint density at radius 2 is 1.60 bits per heavy atom. The molecule has 5 heteroatoms. The Hall–Kier alpha value is -2.12. The van der Waals surface area contributed by atoms with Gasteiger partial charge in [0.25, 0.3) is 0 Å². The molecule has 0 bridgehead atoms. The van der Waals surface area contributed by atoms with Crippen molar-refractivity contribution in [1.82, 2.24) is 0 Å². The van der Waals surface area contributed by atoms with E-state index in [0.717, 1.165) is 6.07 Å². The highest BCUT2D eigenvalue weighted by Gasteiger charge is 2.32. The Morgan fingerprint density at radius 3 is 2.30 bits per heavy atom. The number of halogens is 4. The predicted molar refractivity (Wildman–Crippen MR) is 73.3 cm³/mol. The maximum absolute atomic E-state index is 12.8. The fourth-order valence-corrected chi connectivity index (χ4v) is 1.78. The van der Waals surface area contributed by atoms with Crippen LogP contribution in [0.2, 0.25) is 5.02 Å². The molecule has 2 aromatic rings. The lowest BCUT2D eigenvalue weighted by atomic mass is 10.1. The van der Waals surface area contributed by atoms with E-state index in [1.54, 1.807) is 12.1 Å². The second-order valence-corrected chi connectivity index (χ2v) is 4.46. The van der Waals surface area contributed by atoms with Gasteiger partial charge < -0.3 is 5.73 Å². The molecule has 2 aromatic carbocycles. The molecule has 0 saturated carbocycles. The molecule has 0 heterocycles. The van der Waals surface area contributed by atoms with Crippen LogP contribution in [0.15, 0.2) is 42.5 Å². The number of rotatable bonds is 0. The van der Waals surface area contributed by atoms with Gasteiger partial charge in [-0.15, -0.1) is 0 Å². The Balaban J connectivity index is 2.46. The van der Waals surface area contributed by atoms with Crippen molar-refractivity contribution in [2.75, 3.05) is 5.73 Å². The zero-order valence-corrected chi connectivity index (χ0v) is 10.9. The third-order valence-electron chi connectivity index (χ3n) is 2.58. The third kappa shape index (κ3) is 3.25. The molecular weight excluding hydrogens is 287 g/mol. The average molecular weight is 296 g/mol. The molecule has 0 unspecified atom stereocenters. The van der Waals surface area contributed by atoms with E-state index in [0.29, 0.717) is 16.3 Å². The summed E-state index contributed by atoms with van der Waals surface area (Å²) in [5.41, 5.74) is 5.59. The smallest absolute Gasteiger partial charge is 0.398 e.